The Balaban J connectivity index is 1.58. The zero-order chi connectivity index (χ0) is 77.8. The van der Waals surface area contributed by atoms with Gasteiger partial charge in [0.25, 0.3) is 0 Å². The fraction of sp³-hybridized carbons (Fsp3) is 0.707. The van der Waals surface area contributed by atoms with Crippen LogP contribution in [0.15, 0.2) is 54.6 Å². The SMILES string of the molecule is CC[C@H](C)C([C@@H](CC(=O)N1CCC[C@H]1[C@H](OC)[C@@H](C)C(=O)N[C@H](C)C(O)c1ccccc1)OC)N(C)C(=O)[C@@H](NC(=O)C(C(C)C)N(C)C(=O)OCc1ccc(NC(=O)[C@H](CCCNC(N)=O)NC(=O)C(NC(=O)CCOCCOCCOCCOCCC(=O)NCC(C)(C)C)C(C)C)cc1)C(C)C. The van der Waals surface area contributed by atoms with Crippen LogP contribution < -0.4 is 43.0 Å². The molecule has 2 aromatic carbocycles. The van der Waals surface area contributed by atoms with E-state index in [0.29, 0.717) is 82.2 Å². The number of nitrogens with two attached hydrogens (primary N) is 1. The number of nitrogens with one attached hydrogen (secondary N) is 7. The molecule has 0 spiro atoms. The minimum atomic E-state index is -1.12. The molecule has 0 aliphatic carbocycles. The first-order chi connectivity index (χ1) is 49.2. The van der Waals surface area contributed by atoms with Crippen molar-refractivity contribution in [1.82, 2.24) is 46.6 Å². The summed E-state index contributed by atoms with van der Waals surface area (Å²) in [6, 6.07) is 8.74. The number of urea groups is 1. The molecule has 104 heavy (non-hydrogen) atoms. The first-order valence-electron chi connectivity index (χ1n) is 36.6. The number of hydrogen-bond acceptors (Lipinski definition) is 18. The number of benzene rings is 2. The van der Waals surface area contributed by atoms with Crippen molar-refractivity contribution in [3.8, 4) is 0 Å². The largest absolute Gasteiger partial charge is 0.445 e. The molecule has 0 saturated carbocycles. The van der Waals surface area contributed by atoms with Crippen LogP contribution >= 0.6 is 0 Å². The molecule has 1 heterocycles. The molecule has 12 atom stereocenters. The lowest BCUT2D eigenvalue weighted by Crippen LogP contribution is -2.60. The molecular formula is C75H125N11O18. The van der Waals surface area contributed by atoms with E-state index in [1.54, 1.807) is 109 Å². The molecule has 1 saturated heterocycles. The molecule has 2 aromatic rings. The van der Waals surface area contributed by atoms with E-state index in [1.165, 1.54) is 26.2 Å². The second-order valence-corrected chi connectivity index (χ2v) is 29.1. The minimum absolute atomic E-state index is 0.00703. The van der Waals surface area contributed by atoms with Crippen LogP contribution in [0.2, 0.25) is 0 Å². The van der Waals surface area contributed by atoms with Gasteiger partial charge >= 0.3 is 12.1 Å². The molecule has 0 radical (unpaired) electrons. The number of aliphatic hydroxyl groups is 1. The molecular weight excluding hydrogens is 1340 g/mol. The number of carbonyl (C=O) groups excluding carboxylic acids is 10. The summed E-state index contributed by atoms with van der Waals surface area (Å²) in [5.41, 5.74) is 6.80. The lowest BCUT2D eigenvalue weighted by molar-refractivity contribution is -0.148. The third kappa shape index (κ3) is 31.6. The zero-order valence-corrected chi connectivity index (χ0v) is 64.8. The molecule has 29 nitrogen and oxygen atoms in total. The summed E-state index contributed by atoms with van der Waals surface area (Å²) < 4.78 is 39.9. The number of amides is 11. The summed E-state index contributed by atoms with van der Waals surface area (Å²) >= 11 is 0. The van der Waals surface area contributed by atoms with Crippen molar-refractivity contribution >= 4 is 65.1 Å². The van der Waals surface area contributed by atoms with Crippen LogP contribution in [0.5, 0.6) is 0 Å². The molecule has 588 valence electrons. The maximum Gasteiger partial charge on any atom is 0.410 e. The summed E-state index contributed by atoms with van der Waals surface area (Å²) in [6.07, 6.45) is -0.862. The van der Waals surface area contributed by atoms with Gasteiger partial charge in [-0.25, -0.2) is 9.59 Å². The van der Waals surface area contributed by atoms with Crippen molar-refractivity contribution in [1.29, 1.82) is 0 Å². The summed E-state index contributed by atoms with van der Waals surface area (Å²) in [6.45, 7) is 27.3. The van der Waals surface area contributed by atoms with E-state index in [1.807, 2.05) is 52.8 Å². The van der Waals surface area contributed by atoms with E-state index in [0.717, 1.165) is 0 Å². The first kappa shape index (κ1) is 90.7. The number of nitrogens with zero attached hydrogens (tertiary/aromatic N) is 3. The van der Waals surface area contributed by atoms with E-state index >= 15 is 0 Å². The van der Waals surface area contributed by atoms with Crippen molar-refractivity contribution in [2.45, 2.75) is 209 Å². The second-order valence-electron chi connectivity index (χ2n) is 29.1. The summed E-state index contributed by atoms with van der Waals surface area (Å²) in [7, 11) is 6.09. The highest BCUT2D eigenvalue weighted by Gasteiger charge is 2.44. The van der Waals surface area contributed by atoms with Crippen LogP contribution in [0.25, 0.3) is 0 Å². The third-order valence-corrected chi connectivity index (χ3v) is 18.4. The number of ether oxygens (including phenoxy) is 7. The molecule has 1 fully saturated rings. The average molecular weight is 1470 g/mol. The fourth-order valence-electron chi connectivity index (χ4n) is 12.2. The van der Waals surface area contributed by atoms with Gasteiger partial charge in [0.15, 0.2) is 0 Å². The van der Waals surface area contributed by atoms with Crippen LogP contribution in [-0.2, 0) is 78.1 Å². The molecule has 1 aliphatic heterocycles. The van der Waals surface area contributed by atoms with Crippen molar-refractivity contribution in [2.75, 3.05) is 106 Å². The average Bonchev–Trinajstić information content (AvgIpc) is 1.54. The zero-order valence-electron chi connectivity index (χ0n) is 64.8. The molecule has 1 aliphatic rings. The molecule has 4 unspecified atom stereocenters. The third-order valence-electron chi connectivity index (χ3n) is 18.4. The quantitative estimate of drug-likeness (QED) is 0.0364. The van der Waals surface area contributed by atoms with E-state index in [-0.39, 0.29) is 100 Å². The van der Waals surface area contributed by atoms with Gasteiger partial charge in [-0.05, 0) is 85.0 Å². The van der Waals surface area contributed by atoms with Crippen molar-refractivity contribution in [2.24, 2.45) is 40.7 Å². The summed E-state index contributed by atoms with van der Waals surface area (Å²) in [5.74, 6) is -5.41. The molecule has 0 aromatic heterocycles. The maximum atomic E-state index is 14.8. The maximum absolute atomic E-state index is 14.8. The van der Waals surface area contributed by atoms with Crippen molar-refractivity contribution in [3.63, 3.8) is 0 Å². The van der Waals surface area contributed by atoms with Gasteiger partial charge in [0.05, 0.1) is 102 Å². The summed E-state index contributed by atoms with van der Waals surface area (Å²) in [5, 5.41) is 30.5. The van der Waals surface area contributed by atoms with Gasteiger partial charge in [-0.3, -0.25) is 43.3 Å². The van der Waals surface area contributed by atoms with Crippen LogP contribution in [0.3, 0.4) is 0 Å². The lowest BCUT2D eigenvalue weighted by atomic mass is 9.89. The highest BCUT2D eigenvalue weighted by Crippen LogP contribution is 2.31. The Morgan fingerprint density at radius 3 is 1.76 bits per heavy atom. The Hall–Kier alpha value is -7.54. The Labute approximate surface area is 616 Å². The van der Waals surface area contributed by atoms with E-state index in [9.17, 15) is 53.1 Å². The number of primary amides is 1. The van der Waals surface area contributed by atoms with Gasteiger partial charge in [0.1, 0.15) is 30.8 Å². The molecule has 3 rings (SSSR count). The Morgan fingerprint density at radius 1 is 0.654 bits per heavy atom. The summed E-state index contributed by atoms with van der Waals surface area (Å²) in [4.78, 5) is 140. The predicted molar refractivity (Wildman–Crippen MR) is 394 cm³/mol. The van der Waals surface area contributed by atoms with Gasteiger partial charge in [-0.1, -0.05) is 132 Å². The van der Waals surface area contributed by atoms with Crippen molar-refractivity contribution < 1.29 is 86.2 Å². The number of likely N-dealkylation sites (N-methyl/N-ethyl adjacent to an activating group) is 2. The van der Waals surface area contributed by atoms with Crippen molar-refractivity contribution in [3.05, 3.63) is 65.7 Å². The smallest absolute Gasteiger partial charge is 0.410 e. The molecule has 29 heteroatoms. The van der Waals surface area contributed by atoms with Gasteiger partial charge in [0.2, 0.25) is 47.3 Å². The normalized spacial score (nSPS) is 16.3. The van der Waals surface area contributed by atoms with E-state index < -0.39 is 120 Å². The predicted octanol–water partition coefficient (Wildman–Crippen LogP) is 5.60. The van der Waals surface area contributed by atoms with Gasteiger partial charge in [0, 0.05) is 66.5 Å². The first-order valence-corrected chi connectivity index (χ1v) is 36.6. The molecule has 0 bridgehead atoms. The number of likely N-dealkylation sites (tertiary alicyclic amines) is 1. The molecule has 11 amide bonds. The van der Waals surface area contributed by atoms with E-state index in [4.69, 9.17) is 38.9 Å². The number of carbonyl (C=O) groups is 10. The number of rotatable bonds is 48. The number of hydrogen-bond donors (Lipinski definition) is 9. The van der Waals surface area contributed by atoms with Gasteiger partial charge in [-0.15, -0.1) is 0 Å². The number of aliphatic hydroxyl groups excluding tert-OH is 1. The van der Waals surface area contributed by atoms with Gasteiger partial charge in [-0.2, -0.15) is 0 Å². The monoisotopic (exact) mass is 1470 g/mol. The topological polar surface area (TPSA) is 375 Å². The lowest BCUT2D eigenvalue weighted by Gasteiger charge is -2.41. The Bertz CT molecular complexity index is 2960. The second kappa shape index (κ2) is 47.1. The van der Waals surface area contributed by atoms with Crippen LogP contribution in [0.4, 0.5) is 15.3 Å². The van der Waals surface area contributed by atoms with Gasteiger partial charge < -0.3 is 91.0 Å². The fourth-order valence-corrected chi connectivity index (χ4v) is 12.2. The van der Waals surface area contributed by atoms with E-state index in [2.05, 4.69) is 37.2 Å². The van der Waals surface area contributed by atoms with Crippen LogP contribution in [0, 0.1) is 35.0 Å². The minimum Gasteiger partial charge on any atom is -0.445 e. The Morgan fingerprint density at radius 2 is 1.23 bits per heavy atom. The Kier molecular flexibility index (Phi) is 41.1. The van der Waals surface area contributed by atoms with Crippen LogP contribution in [-0.4, -0.2) is 234 Å². The number of anilines is 1. The number of methoxy groups -OCH3 is 2. The standard InChI is InChI=1S/C75H125N11O18/c1-18-50(8)65(58(98-16)44-61(89)86-35-23-27-57(86)67(99-17)51(9)68(91)79-52(10)66(90)54-24-20-19-21-25-54)84(14)72(95)63(48(4)5)83-71(94)64(49(6)7)85(15)74(97)104-45-53-28-30-55(31-29-53)80-69(92)56(26-22-34-77-73(76)96)81-70(93)62(47(2)3)82-60(88)33-37-101-39-41-103-43-42-102-40-38-100-36-32-59(87)78-46-75(11,12)13/h19-21,24-25,28-31,47-52,56-58,62-67,90H,18,22-23,26-27,32-46H2,1-17H3,(H,78,87)(H,79,91)(H,80,92)(H,81,93)(H,82,88)(H,83,94)(H3,76,77,96)/t50-,51+,52+,56-,57-,58+,62?,63-,64?,65?,66?,67+/m0/s1. The highest BCUT2D eigenvalue weighted by molar-refractivity contribution is 5.98. The van der Waals surface area contributed by atoms with Crippen LogP contribution in [0.1, 0.15) is 159 Å². The highest BCUT2D eigenvalue weighted by atomic mass is 16.6. The molecule has 10 N–H and O–H groups in total.